The largest absolute Gasteiger partial charge is 0.497 e. The Balaban J connectivity index is 1.20. The molecular formula is C22H23N5O3. The highest BCUT2D eigenvalue weighted by molar-refractivity contribution is 5.95. The van der Waals surface area contributed by atoms with Crippen molar-refractivity contribution in [3.63, 3.8) is 0 Å². The van der Waals surface area contributed by atoms with E-state index in [-0.39, 0.29) is 6.10 Å². The third kappa shape index (κ3) is 3.28. The smallest absolute Gasteiger partial charge is 0.254 e. The zero-order chi connectivity index (χ0) is 20.7. The summed E-state index contributed by atoms with van der Waals surface area (Å²) in [7, 11) is 1.65. The van der Waals surface area contributed by atoms with Crippen LogP contribution in [0.5, 0.6) is 11.6 Å². The van der Waals surface area contributed by atoms with Crippen LogP contribution in [0.1, 0.15) is 36.0 Å². The van der Waals surface area contributed by atoms with Gasteiger partial charge in [-0.1, -0.05) is 0 Å². The van der Waals surface area contributed by atoms with Crippen molar-refractivity contribution in [2.45, 2.75) is 37.8 Å². The average molecular weight is 405 g/mol. The van der Waals surface area contributed by atoms with E-state index in [2.05, 4.69) is 20.3 Å². The van der Waals surface area contributed by atoms with E-state index in [1.807, 2.05) is 18.2 Å². The number of methoxy groups -OCH3 is 1. The average Bonchev–Trinajstić information content (AvgIpc) is 2.70. The maximum atomic E-state index is 11.5. The summed E-state index contributed by atoms with van der Waals surface area (Å²) in [4.78, 5) is 24.5. The number of fused-ring (bicyclic) bond motifs is 1. The first kappa shape index (κ1) is 18.6. The van der Waals surface area contributed by atoms with Crippen molar-refractivity contribution < 1.29 is 14.3 Å². The molecule has 2 heterocycles. The maximum absolute atomic E-state index is 11.5. The van der Waals surface area contributed by atoms with Gasteiger partial charge in [-0.05, 0) is 61.4 Å². The summed E-state index contributed by atoms with van der Waals surface area (Å²) in [5.74, 6) is 1.44. The molecule has 0 unspecified atom stereocenters. The summed E-state index contributed by atoms with van der Waals surface area (Å²) < 4.78 is 11.3. The van der Waals surface area contributed by atoms with Gasteiger partial charge in [0.2, 0.25) is 5.88 Å². The minimum atomic E-state index is -0.520. The third-order valence-electron chi connectivity index (χ3n) is 6.18. The molecule has 3 aromatic rings. The lowest BCUT2D eigenvalue weighted by atomic mass is 9.53. The lowest BCUT2D eigenvalue weighted by Gasteiger charge is -2.57. The molecule has 30 heavy (non-hydrogen) atoms. The first-order chi connectivity index (χ1) is 14.5. The molecule has 1 aromatic carbocycles. The Morgan fingerprint density at radius 3 is 2.77 bits per heavy atom. The van der Waals surface area contributed by atoms with Crippen LogP contribution in [0, 0.1) is 5.41 Å². The SMILES string of the molecule is COc1ccc2ncnc(NC3CC4(C3)CC(Oc3ncccc3C(N)=O)C4)c2c1. The topological polar surface area (TPSA) is 112 Å². The highest BCUT2D eigenvalue weighted by Gasteiger charge is 2.54. The second-order valence-electron chi connectivity index (χ2n) is 8.22. The molecule has 1 spiro atoms. The fourth-order valence-electron chi connectivity index (χ4n) is 4.71. The molecule has 8 nitrogen and oxygen atoms in total. The van der Waals surface area contributed by atoms with Crippen molar-refractivity contribution in [2.24, 2.45) is 11.1 Å². The molecular weight excluding hydrogens is 382 g/mol. The van der Waals surface area contributed by atoms with Crippen LogP contribution in [-0.2, 0) is 0 Å². The van der Waals surface area contributed by atoms with E-state index in [9.17, 15) is 4.79 Å². The number of anilines is 1. The first-order valence-corrected chi connectivity index (χ1v) is 10.0. The first-order valence-electron chi connectivity index (χ1n) is 10.0. The number of carbonyl (C=O) groups is 1. The van der Waals surface area contributed by atoms with Crippen LogP contribution < -0.4 is 20.5 Å². The predicted molar refractivity (Wildman–Crippen MR) is 112 cm³/mol. The van der Waals surface area contributed by atoms with E-state index in [0.29, 0.717) is 22.9 Å². The molecule has 3 N–H and O–H groups in total. The van der Waals surface area contributed by atoms with Crippen LogP contribution in [0.3, 0.4) is 0 Å². The molecule has 5 rings (SSSR count). The van der Waals surface area contributed by atoms with E-state index in [1.165, 1.54) is 0 Å². The molecule has 0 aliphatic heterocycles. The van der Waals surface area contributed by atoms with Gasteiger partial charge in [0.25, 0.3) is 5.91 Å². The molecule has 0 radical (unpaired) electrons. The molecule has 2 aliphatic rings. The van der Waals surface area contributed by atoms with Gasteiger partial charge in [0, 0.05) is 17.6 Å². The van der Waals surface area contributed by atoms with Crippen molar-refractivity contribution in [3.05, 3.63) is 48.4 Å². The molecule has 0 atom stereocenters. The van der Waals surface area contributed by atoms with Crippen molar-refractivity contribution in [1.29, 1.82) is 0 Å². The van der Waals surface area contributed by atoms with E-state index < -0.39 is 5.91 Å². The van der Waals surface area contributed by atoms with Crippen molar-refractivity contribution in [2.75, 3.05) is 12.4 Å². The number of hydrogen-bond donors (Lipinski definition) is 2. The van der Waals surface area contributed by atoms with Crippen LogP contribution in [-0.4, -0.2) is 40.1 Å². The fourth-order valence-corrected chi connectivity index (χ4v) is 4.71. The molecule has 0 saturated heterocycles. The highest BCUT2D eigenvalue weighted by atomic mass is 16.5. The van der Waals surface area contributed by atoms with Crippen molar-refractivity contribution in [3.8, 4) is 11.6 Å². The Hall–Kier alpha value is -3.42. The van der Waals surface area contributed by atoms with Gasteiger partial charge in [0.1, 0.15) is 29.6 Å². The van der Waals surface area contributed by atoms with Gasteiger partial charge >= 0.3 is 0 Å². The summed E-state index contributed by atoms with van der Waals surface area (Å²) in [6.07, 6.45) is 7.31. The van der Waals surface area contributed by atoms with E-state index >= 15 is 0 Å². The summed E-state index contributed by atoms with van der Waals surface area (Å²) in [5.41, 5.74) is 6.92. The minimum absolute atomic E-state index is 0.0723. The Morgan fingerprint density at radius 2 is 2.00 bits per heavy atom. The summed E-state index contributed by atoms with van der Waals surface area (Å²) in [6.45, 7) is 0. The minimum Gasteiger partial charge on any atom is -0.497 e. The van der Waals surface area contributed by atoms with Gasteiger partial charge in [0.15, 0.2) is 0 Å². The number of ether oxygens (including phenoxy) is 2. The Kier molecular flexibility index (Phi) is 4.42. The number of nitrogens with zero attached hydrogens (tertiary/aromatic N) is 3. The summed E-state index contributed by atoms with van der Waals surface area (Å²) >= 11 is 0. The number of benzene rings is 1. The lowest BCUT2D eigenvalue weighted by molar-refractivity contribution is -0.0759. The zero-order valence-corrected chi connectivity index (χ0v) is 16.7. The van der Waals surface area contributed by atoms with Crippen molar-refractivity contribution in [1.82, 2.24) is 15.0 Å². The number of amides is 1. The summed E-state index contributed by atoms with van der Waals surface area (Å²) in [5, 5.41) is 4.52. The zero-order valence-electron chi connectivity index (χ0n) is 16.7. The number of nitrogens with two attached hydrogens (primary N) is 1. The lowest BCUT2D eigenvalue weighted by Crippen LogP contribution is -2.56. The van der Waals surface area contributed by atoms with E-state index in [0.717, 1.165) is 48.2 Å². The number of hydrogen-bond acceptors (Lipinski definition) is 7. The number of carbonyl (C=O) groups excluding carboxylic acids is 1. The second-order valence-corrected chi connectivity index (χ2v) is 8.22. The van der Waals surface area contributed by atoms with Gasteiger partial charge in [-0.2, -0.15) is 0 Å². The normalized spacial score (nSPS) is 24.7. The summed E-state index contributed by atoms with van der Waals surface area (Å²) in [6, 6.07) is 9.49. The highest BCUT2D eigenvalue weighted by Crippen LogP contribution is 2.57. The molecule has 2 saturated carbocycles. The molecule has 2 fully saturated rings. The standard InChI is InChI=1S/C22H23N5O3/c1-29-14-4-5-18-17(7-14)20(26-12-25-18)27-13-8-22(9-13)10-15(11-22)30-21-16(19(23)28)3-2-6-24-21/h2-7,12-13,15H,8-11H2,1H3,(H2,23,28)(H,25,26,27). The van der Waals surface area contributed by atoms with Gasteiger partial charge in [-0.25, -0.2) is 15.0 Å². The van der Waals surface area contributed by atoms with Gasteiger partial charge in [0.05, 0.1) is 12.6 Å². The number of nitrogens with one attached hydrogen (secondary N) is 1. The van der Waals surface area contributed by atoms with Gasteiger partial charge in [-0.3, -0.25) is 4.79 Å². The van der Waals surface area contributed by atoms with Crippen LogP contribution in [0.25, 0.3) is 10.9 Å². The maximum Gasteiger partial charge on any atom is 0.254 e. The molecule has 1 amide bonds. The van der Waals surface area contributed by atoms with Crippen LogP contribution in [0.4, 0.5) is 5.82 Å². The van der Waals surface area contributed by atoms with Crippen molar-refractivity contribution >= 4 is 22.6 Å². The Morgan fingerprint density at radius 1 is 1.17 bits per heavy atom. The van der Waals surface area contributed by atoms with Crippen LogP contribution in [0.15, 0.2) is 42.9 Å². The Labute approximate surface area is 173 Å². The quantitative estimate of drug-likeness (QED) is 0.648. The van der Waals surface area contributed by atoms with Crippen LogP contribution in [0.2, 0.25) is 0 Å². The number of primary amides is 1. The molecule has 154 valence electrons. The number of rotatable bonds is 6. The Bertz CT molecular complexity index is 1100. The monoisotopic (exact) mass is 405 g/mol. The predicted octanol–water partition coefficient (Wildman–Crippen LogP) is 2.93. The molecule has 0 bridgehead atoms. The molecule has 2 aliphatic carbocycles. The van der Waals surface area contributed by atoms with Gasteiger partial charge in [-0.15, -0.1) is 0 Å². The molecule has 8 heteroatoms. The fraction of sp³-hybridized carbons (Fsp3) is 0.364. The van der Waals surface area contributed by atoms with Gasteiger partial charge < -0.3 is 20.5 Å². The van der Waals surface area contributed by atoms with Crippen LogP contribution >= 0.6 is 0 Å². The third-order valence-corrected chi connectivity index (χ3v) is 6.18. The number of aromatic nitrogens is 3. The van der Waals surface area contributed by atoms with E-state index in [1.54, 1.807) is 31.8 Å². The van der Waals surface area contributed by atoms with E-state index in [4.69, 9.17) is 15.2 Å². The molecule has 2 aromatic heterocycles. The second kappa shape index (κ2) is 7.12. The number of pyridine rings is 1.